The minimum Gasteiger partial charge on any atom is -0.395 e. The summed E-state index contributed by atoms with van der Waals surface area (Å²) < 4.78 is 0. The zero-order valence-electron chi connectivity index (χ0n) is 11.7. The normalized spacial score (nSPS) is 15.9. The zero-order valence-corrected chi connectivity index (χ0v) is 12.5. The molecule has 1 aromatic heterocycles. The zero-order chi connectivity index (χ0) is 14.2. The van der Waals surface area contributed by atoms with Crippen molar-refractivity contribution in [3.05, 3.63) is 34.0 Å². The molecule has 2 N–H and O–H groups in total. The van der Waals surface area contributed by atoms with Crippen molar-refractivity contribution < 1.29 is 9.90 Å². The first-order valence-corrected chi connectivity index (χ1v) is 7.96. The molecule has 0 unspecified atom stereocenters. The molecule has 2 heterocycles. The van der Waals surface area contributed by atoms with E-state index in [0.717, 1.165) is 37.4 Å². The van der Waals surface area contributed by atoms with Gasteiger partial charge in [-0.1, -0.05) is 17.7 Å². The van der Waals surface area contributed by atoms with Crippen molar-refractivity contribution in [1.82, 2.24) is 10.2 Å². The van der Waals surface area contributed by atoms with Crippen LogP contribution in [-0.2, 0) is 11.2 Å². The Labute approximate surface area is 124 Å². The number of nitrogens with one attached hydrogen (secondary N) is 1. The maximum atomic E-state index is 11.8. The van der Waals surface area contributed by atoms with E-state index in [1.54, 1.807) is 11.3 Å². The molecular weight excluding hydrogens is 272 g/mol. The van der Waals surface area contributed by atoms with E-state index in [9.17, 15) is 4.79 Å². The van der Waals surface area contributed by atoms with Gasteiger partial charge in [-0.15, -0.1) is 11.3 Å². The maximum Gasteiger partial charge on any atom is 0.225 e. The summed E-state index contributed by atoms with van der Waals surface area (Å²) in [6, 6.07) is 3.95. The minimum absolute atomic E-state index is 0.0936. The second-order valence-electron chi connectivity index (χ2n) is 5.01. The van der Waals surface area contributed by atoms with Crippen LogP contribution in [0.2, 0.25) is 0 Å². The number of amides is 1. The van der Waals surface area contributed by atoms with Gasteiger partial charge < -0.3 is 10.4 Å². The van der Waals surface area contributed by atoms with Gasteiger partial charge in [-0.3, -0.25) is 9.69 Å². The topological polar surface area (TPSA) is 52.6 Å². The lowest BCUT2D eigenvalue weighted by Gasteiger charge is -2.26. The Balaban J connectivity index is 1.65. The molecule has 2 rings (SSSR count). The number of rotatable bonds is 7. The van der Waals surface area contributed by atoms with E-state index in [4.69, 9.17) is 5.11 Å². The number of aliphatic hydroxyl groups is 1. The van der Waals surface area contributed by atoms with Gasteiger partial charge >= 0.3 is 0 Å². The van der Waals surface area contributed by atoms with E-state index in [1.807, 2.05) is 17.5 Å². The van der Waals surface area contributed by atoms with Crippen LogP contribution in [0.4, 0.5) is 0 Å². The number of aliphatic hydroxyl groups excluding tert-OH is 1. The Hall–Kier alpha value is -1.17. The van der Waals surface area contributed by atoms with Crippen molar-refractivity contribution in [1.29, 1.82) is 0 Å². The Morgan fingerprint density at radius 3 is 3.15 bits per heavy atom. The lowest BCUT2D eigenvalue weighted by atomic mass is 10.1. The standard InChI is InChI=1S/C15H22N2O2S/c18-9-8-17-7-1-3-13(12-17)5-6-16-15(19)11-14-4-2-10-20-14/h2-4,10,18H,1,5-9,11-12H2,(H,16,19). The van der Waals surface area contributed by atoms with Crippen molar-refractivity contribution in [3.8, 4) is 0 Å². The molecular formula is C15H22N2O2S. The third-order valence-electron chi connectivity index (χ3n) is 3.40. The molecule has 1 aliphatic rings. The minimum atomic E-state index is 0.0936. The Morgan fingerprint density at radius 1 is 1.50 bits per heavy atom. The highest BCUT2D eigenvalue weighted by Gasteiger charge is 2.12. The average Bonchev–Trinajstić information content (AvgIpc) is 2.92. The first-order chi connectivity index (χ1) is 9.78. The van der Waals surface area contributed by atoms with E-state index in [2.05, 4.69) is 16.3 Å². The van der Waals surface area contributed by atoms with Gasteiger partial charge in [0.2, 0.25) is 5.91 Å². The third-order valence-corrected chi connectivity index (χ3v) is 4.28. The Kier molecular flexibility index (Phi) is 6.24. The highest BCUT2D eigenvalue weighted by Crippen LogP contribution is 2.12. The molecule has 20 heavy (non-hydrogen) atoms. The first-order valence-electron chi connectivity index (χ1n) is 7.08. The molecule has 0 fully saturated rings. The maximum absolute atomic E-state index is 11.8. The van der Waals surface area contributed by atoms with Gasteiger partial charge in [0.15, 0.2) is 0 Å². The molecule has 1 aromatic rings. The van der Waals surface area contributed by atoms with Gasteiger partial charge in [0.25, 0.3) is 0 Å². The average molecular weight is 294 g/mol. The monoisotopic (exact) mass is 294 g/mol. The van der Waals surface area contributed by atoms with Crippen LogP contribution in [0.3, 0.4) is 0 Å². The van der Waals surface area contributed by atoms with Crippen molar-refractivity contribution in [2.24, 2.45) is 0 Å². The molecule has 0 spiro atoms. The number of nitrogens with zero attached hydrogens (tertiary/aromatic N) is 1. The van der Waals surface area contributed by atoms with Crippen LogP contribution < -0.4 is 5.32 Å². The van der Waals surface area contributed by atoms with Crippen molar-refractivity contribution >= 4 is 17.2 Å². The van der Waals surface area contributed by atoms with Crippen LogP contribution in [0.25, 0.3) is 0 Å². The van der Waals surface area contributed by atoms with Gasteiger partial charge in [0.05, 0.1) is 13.0 Å². The van der Waals surface area contributed by atoms with Gasteiger partial charge in [0.1, 0.15) is 0 Å². The summed E-state index contributed by atoms with van der Waals surface area (Å²) in [4.78, 5) is 15.1. The summed E-state index contributed by atoms with van der Waals surface area (Å²) in [6.07, 6.45) is 4.68. The van der Waals surface area contributed by atoms with E-state index in [1.165, 1.54) is 5.57 Å². The van der Waals surface area contributed by atoms with Crippen LogP contribution in [0, 0.1) is 0 Å². The smallest absolute Gasteiger partial charge is 0.225 e. The summed E-state index contributed by atoms with van der Waals surface area (Å²) >= 11 is 1.62. The predicted octanol–water partition coefficient (Wildman–Crippen LogP) is 1.42. The quantitative estimate of drug-likeness (QED) is 0.748. The summed E-state index contributed by atoms with van der Waals surface area (Å²) in [5.74, 6) is 0.0936. The SMILES string of the molecule is O=C(Cc1cccs1)NCCC1=CCCN(CCO)C1. The van der Waals surface area contributed by atoms with Crippen molar-refractivity contribution in [3.63, 3.8) is 0 Å². The molecule has 110 valence electrons. The summed E-state index contributed by atoms with van der Waals surface area (Å²) in [5.41, 5.74) is 1.36. The van der Waals surface area contributed by atoms with Crippen LogP contribution in [0.5, 0.6) is 0 Å². The van der Waals surface area contributed by atoms with Gasteiger partial charge in [-0.2, -0.15) is 0 Å². The van der Waals surface area contributed by atoms with Crippen molar-refractivity contribution in [2.45, 2.75) is 19.3 Å². The van der Waals surface area contributed by atoms with Gasteiger partial charge in [0, 0.05) is 31.1 Å². The Bertz CT molecular complexity index is 443. The molecule has 4 nitrogen and oxygen atoms in total. The predicted molar refractivity (Wildman–Crippen MR) is 81.9 cm³/mol. The number of hydrogen-bond acceptors (Lipinski definition) is 4. The number of carbonyl (C=O) groups excluding carboxylic acids is 1. The second kappa shape index (κ2) is 8.19. The molecule has 1 amide bonds. The Morgan fingerprint density at radius 2 is 2.40 bits per heavy atom. The van der Waals surface area contributed by atoms with Gasteiger partial charge in [-0.05, 0) is 24.3 Å². The summed E-state index contributed by atoms with van der Waals surface area (Å²) in [5, 5.41) is 13.9. The molecule has 0 aliphatic carbocycles. The lowest BCUT2D eigenvalue weighted by molar-refractivity contribution is -0.120. The number of thiophene rings is 1. The molecule has 0 aromatic carbocycles. The second-order valence-corrected chi connectivity index (χ2v) is 6.04. The third kappa shape index (κ3) is 5.07. The fourth-order valence-electron chi connectivity index (χ4n) is 2.39. The molecule has 0 radical (unpaired) electrons. The number of hydrogen-bond donors (Lipinski definition) is 2. The van der Waals surface area contributed by atoms with E-state index in [0.29, 0.717) is 13.0 Å². The van der Waals surface area contributed by atoms with E-state index < -0.39 is 0 Å². The van der Waals surface area contributed by atoms with Crippen LogP contribution in [-0.4, -0.2) is 48.7 Å². The fourth-order valence-corrected chi connectivity index (χ4v) is 3.10. The van der Waals surface area contributed by atoms with Crippen LogP contribution in [0.1, 0.15) is 17.7 Å². The highest BCUT2D eigenvalue weighted by molar-refractivity contribution is 7.10. The summed E-state index contributed by atoms with van der Waals surface area (Å²) in [7, 11) is 0. The molecule has 0 saturated heterocycles. The highest BCUT2D eigenvalue weighted by atomic mass is 32.1. The van der Waals surface area contributed by atoms with Crippen LogP contribution >= 0.6 is 11.3 Å². The largest absolute Gasteiger partial charge is 0.395 e. The van der Waals surface area contributed by atoms with E-state index >= 15 is 0 Å². The van der Waals surface area contributed by atoms with Crippen LogP contribution in [0.15, 0.2) is 29.2 Å². The summed E-state index contributed by atoms with van der Waals surface area (Å²) in [6.45, 7) is 3.59. The van der Waals surface area contributed by atoms with Gasteiger partial charge in [-0.25, -0.2) is 0 Å². The first kappa shape index (κ1) is 15.2. The molecule has 0 saturated carbocycles. The van der Waals surface area contributed by atoms with E-state index in [-0.39, 0.29) is 12.5 Å². The lowest BCUT2D eigenvalue weighted by Crippen LogP contribution is -2.33. The molecule has 0 bridgehead atoms. The fraction of sp³-hybridized carbons (Fsp3) is 0.533. The molecule has 0 atom stereocenters. The van der Waals surface area contributed by atoms with Crippen molar-refractivity contribution in [2.75, 3.05) is 32.8 Å². The molecule has 5 heteroatoms. The molecule has 1 aliphatic heterocycles. The number of carbonyl (C=O) groups is 1. The number of β-amino-alcohol motifs (C(OH)–C–C–N with tert-alkyl or cyclic N) is 1.